The third-order valence-electron chi connectivity index (χ3n) is 4.89. The van der Waals surface area contributed by atoms with Gasteiger partial charge in [0.2, 0.25) is 11.8 Å². The van der Waals surface area contributed by atoms with Crippen molar-refractivity contribution in [3.8, 4) is 5.88 Å². The fraction of sp³-hybridized carbons (Fsp3) is 0.625. The normalized spacial score (nSPS) is 24.7. The molecular formula is C16H22N2O4S. The minimum Gasteiger partial charge on any atom is -0.477 e. The third kappa shape index (κ3) is 2.71. The first-order chi connectivity index (χ1) is 10.9. The maximum atomic E-state index is 12.5. The van der Waals surface area contributed by atoms with E-state index in [4.69, 9.17) is 4.74 Å². The van der Waals surface area contributed by atoms with Gasteiger partial charge < -0.3 is 9.64 Å². The molecule has 0 saturated carbocycles. The number of carbonyl (C=O) groups excluding carboxylic acids is 1. The second-order valence-electron chi connectivity index (χ2n) is 6.70. The lowest BCUT2D eigenvalue weighted by atomic mass is 9.83. The molecule has 1 aromatic rings. The Labute approximate surface area is 136 Å². The van der Waals surface area contributed by atoms with Crippen molar-refractivity contribution in [3.05, 3.63) is 24.4 Å². The van der Waals surface area contributed by atoms with Crippen molar-refractivity contribution in [1.29, 1.82) is 0 Å². The molecule has 0 unspecified atom stereocenters. The van der Waals surface area contributed by atoms with Crippen molar-refractivity contribution in [1.82, 2.24) is 9.88 Å². The van der Waals surface area contributed by atoms with E-state index in [-0.39, 0.29) is 23.5 Å². The van der Waals surface area contributed by atoms with E-state index in [1.54, 1.807) is 23.2 Å². The van der Waals surface area contributed by atoms with Gasteiger partial charge in [-0.2, -0.15) is 0 Å². The van der Waals surface area contributed by atoms with Gasteiger partial charge >= 0.3 is 0 Å². The van der Waals surface area contributed by atoms with Crippen LogP contribution in [0, 0.1) is 11.8 Å². The van der Waals surface area contributed by atoms with Gasteiger partial charge in [0, 0.05) is 37.2 Å². The van der Waals surface area contributed by atoms with Crippen LogP contribution in [0.5, 0.6) is 5.88 Å². The Bertz CT molecular complexity index is 681. The van der Waals surface area contributed by atoms with E-state index >= 15 is 0 Å². The van der Waals surface area contributed by atoms with Crippen molar-refractivity contribution in [2.75, 3.05) is 25.4 Å². The number of hydrogen-bond acceptors (Lipinski definition) is 5. The molecule has 0 aromatic carbocycles. The van der Waals surface area contributed by atoms with Crippen LogP contribution in [0.3, 0.4) is 0 Å². The lowest BCUT2D eigenvalue weighted by Crippen LogP contribution is -2.69. The first-order valence-corrected chi connectivity index (χ1v) is 9.56. The van der Waals surface area contributed by atoms with E-state index in [1.165, 1.54) is 0 Å². The van der Waals surface area contributed by atoms with Gasteiger partial charge in [-0.3, -0.25) is 4.79 Å². The van der Waals surface area contributed by atoms with E-state index in [1.807, 2.05) is 19.9 Å². The molecule has 2 aliphatic rings. The minimum absolute atomic E-state index is 0.0159. The van der Waals surface area contributed by atoms with Crippen molar-refractivity contribution in [2.24, 2.45) is 11.8 Å². The largest absolute Gasteiger partial charge is 0.477 e. The molecule has 2 saturated heterocycles. The number of nitrogens with zero attached hydrogens (tertiary/aromatic N) is 2. The molecule has 1 aromatic heterocycles. The van der Waals surface area contributed by atoms with Crippen molar-refractivity contribution >= 4 is 15.7 Å². The topological polar surface area (TPSA) is 76.6 Å². The Morgan fingerprint density at radius 1 is 1.43 bits per heavy atom. The number of rotatable bonds is 4. The van der Waals surface area contributed by atoms with Gasteiger partial charge in [0.15, 0.2) is 9.84 Å². The summed E-state index contributed by atoms with van der Waals surface area (Å²) in [6, 6.07) is 5.39. The van der Waals surface area contributed by atoms with Gasteiger partial charge in [0.25, 0.3) is 0 Å². The number of carbonyl (C=O) groups is 1. The lowest BCUT2D eigenvalue weighted by Gasteiger charge is -2.50. The molecule has 0 bridgehead atoms. The van der Waals surface area contributed by atoms with Gasteiger partial charge in [0.1, 0.15) is 4.75 Å². The average Bonchev–Trinajstić information content (AvgIpc) is 2.74. The SMILES string of the molecule is CC(C)C(=O)N1CC2(C1)[C@H](COc1ccccn1)CCS2(=O)=O. The summed E-state index contributed by atoms with van der Waals surface area (Å²) in [4.78, 5) is 17.8. The molecule has 126 valence electrons. The molecule has 3 heterocycles. The Morgan fingerprint density at radius 3 is 2.78 bits per heavy atom. The monoisotopic (exact) mass is 338 g/mol. The zero-order valence-corrected chi connectivity index (χ0v) is 14.3. The summed E-state index contributed by atoms with van der Waals surface area (Å²) in [6.07, 6.45) is 2.22. The van der Waals surface area contributed by atoms with Gasteiger partial charge in [-0.15, -0.1) is 0 Å². The highest BCUT2D eigenvalue weighted by Gasteiger charge is 2.62. The molecule has 1 spiro atoms. The van der Waals surface area contributed by atoms with E-state index in [0.717, 1.165) is 0 Å². The molecule has 2 aliphatic heterocycles. The Hall–Kier alpha value is -1.63. The van der Waals surface area contributed by atoms with Gasteiger partial charge in [-0.05, 0) is 12.5 Å². The number of amides is 1. The van der Waals surface area contributed by atoms with E-state index in [0.29, 0.717) is 32.0 Å². The Kier molecular flexibility index (Phi) is 4.08. The van der Waals surface area contributed by atoms with E-state index in [9.17, 15) is 13.2 Å². The highest BCUT2D eigenvalue weighted by atomic mass is 32.2. The summed E-state index contributed by atoms with van der Waals surface area (Å²) >= 11 is 0. The van der Waals surface area contributed by atoms with Gasteiger partial charge in [-0.1, -0.05) is 19.9 Å². The van der Waals surface area contributed by atoms with Crippen LogP contribution in [-0.4, -0.2) is 54.4 Å². The Morgan fingerprint density at radius 2 is 2.17 bits per heavy atom. The summed E-state index contributed by atoms with van der Waals surface area (Å²) in [5.74, 6) is 0.487. The van der Waals surface area contributed by atoms with Crippen LogP contribution in [0.25, 0.3) is 0 Å². The van der Waals surface area contributed by atoms with Crippen LogP contribution in [-0.2, 0) is 14.6 Å². The third-order valence-corrected chi connectivity index (χ3v) is 7.49. The number of aromatic nitrogens is 1. The highest BCUT2D eigenvalue weighted by Crippen LogP contribution is 2.45. The number of pyridine rings is 1. The zero-order valence-electron chi connectivity index (χ0n) is 13.4. The second-order valence-corrected chi connectivity index (χ2v) is 9.15. The van der Waals surface area contributed by atoms with E-state index in [2.05, 4.69) is 4.98 Å². The highest BCUT2D eigenvalue weighted by molar-refractivity contribution is 7.93. The van der Waals surface area contributed by atoms with Crippen LogP contribution in [0.1, 0.15) is 20.3 Å². The summed E-state index contributed by atoms with van der Waals surface area (Å²) in [7, 11) is -3.19. The number of hydrogen-bond donors (Lipinski definition) is 0. The molecule has 2 fully saturated rings. The standard InChI is InChI=1S/C16H22N2O4S/c1-12(2)15(19)18-10-16(11-18)13(6-8-23(16,20)21)9-22-14-5-3-4-7-17-14/h3-5,7,12-13H,6,8-11H2,1-2H3/t13-/m0/s1. The molecule has 1 amide bonds. The van der Waals surface area contributed by atoms with Crippen LogP contribution in [0.2, 0.25) is 0 Å². The quantitative estimate of drug-likeness (QED) is 0.822. The summed E-state index contributed by atoms with van der Waals surface area (Å²) in [6.45, 7) is 4.57. The van der Waals surface area contributed by atoms with Crippen LogP contribution in [0.15, 0.2) is 24.4 Å². The molecule has 23 heavy (non-hydrogen) atoms. The van der Waals surface area contributed by atoms with Crippen molar-refractivity contribution < 1.29 is 17.9 Å². The van der Waals surface area contributed by atoms with Gasteiger partial charge in [-0.25, -0.2) is 13.4 Å². The predicted molar refractivity (Wildman–Crippen MR) is 85.8 cm³/mol. The first kappa shape index (κ1) is 16.2. The number of likely N-dealkylation sites (tertiary alicyclic amines) is 1. The maximum Gasteiger partial charge on any atom is 0.225 e. The maximum absolute atomic E-state index is 12.5. The smallest absolute Gasteiger partial charge is 0.225 e. The van der Waals surface area contributed by atoms with Gasteiger partial charge in [0.05, 0.1) is 12.4 Å². The average molecular weight is 338 g/mol. The molecule has 6 nitrogen and oxygen atoms in total. The lowest BCUT2D eigenvalue weighted by molar-refractivity contribution is -0.141. The molecule has 0 aliphatic carbocycles. The predicted octanol–water partition coefficient (Wildman–Crippen LogP) is 1.13. The van der Waals surface area contributed by atoms with Crippen molar-refractivity contribution in [2.45, 2.75) is 25.0 Å². The molecule has 3 rings (SSSR count). The minimum atomic E-state index is -3.19. The fourth-order valence-electron chi connectivity index (χ4n) is 3.45. The summed E-state index contributed by atoms with van der Waals surface area (Å²) in [5, 5.41) is 0. The molecule has 1 atom stereocenters. The van der Waals surface area contributed by atoms with Crippen LogP contribution < -0.4 is 4.74 Å². The summed E-state index contributed by atoms with van der Waals surface area (Å²) < 4.78 is 29.9. The van der Waals surface area contributed by atoms with Crippen molar-refractivity contribution in [3.63, 3.8) is 0 Å². The first-order valence-electron chi connectivity index (χ1n) is 7.91. The second kappa shape index (κ2) is 5.78. The fourth-order valence-corrected chi connectivity index (χ4v) is 5.85. The van der Waals surface area contributed by atoms with E-state index < -0.39 is 14.6 Å². The number of sulfone groups is 1. The van der Waals surface area contributed by atoms with Crippen LogP contribution in [0.4, 0.5) is 0 Å². The molecular weight excluding hydrogens is 316 g/mol. The van der Waals surface area contributed by atoms with Crippen LogP contribution >= 0.6 is 0 Å². The Balaban J connectivity index is 1.70. The summed E-state index contributed by atoms with van der Waals surface area (Å²) in [5.41, 5.74) is 0. The molecule has 0 radical (unpaired) electrons. The molecule has 0 N–H and O–H groups in total. The molecule has 7 heteroatoms. The zero-order chi connectivity index (χ0) is 16.7. The number of ether oxygens (including phenoxy) is 1.